The first-order chi connectivity index (χ1) is 19.8. The van der Waals surface area contributed by atoms with Gasteiger partial charge in [-0.05, 0) is 80.3 Å². The molecule has 0 fully saturated rings. The van der Waals surface area contributed by atoms with Crippen molar-refractivity contribution in [2.75, 3.05) is 36.5 Å². The maximum absolute atomic E-state index is 13.0. The molecule has 0 saturated carbocycles. The first-order valence-corrected chi connectivity index (χ1v) is 13.5. The number of para-hydroxylation sites is 1. The number of unbranched alkanes of at least 4 members (excludes halogenated alkanes) is 1. The summed E-state index contributed by atoms with van der Waals surface area (Å²) in [6.45, 7) is 3.55. The van der Waals surface area contributed by atoms with Crippen LogP contribution in [0.25, 0.3) is 0 Å². The van der Waals surface area contributed by atoms with Crippen molar-refractivity contribution in [3.63, 3.8) is 0 Å². The van der Waals surface area contributed by atoms with Crippen LogP contribution >= 0.6 is 0 Å². The van der Waals surface area contributed by atoms with Crippen molar-refractivity contribution in [1.29, 1.82) is 0 Å². The Morgan fingerprint density at radius 1 is 0.927 bits per heavy atom. The van der Waals surface area contributed by atoms with Crippen molar-refractivity contribution in [2.45, 2.75) is 38.7 Å². The van der Waals surface area contributed by atoms with Gasteiger partial charge in [-0.2, -0.15) is 0 Å². The van der Waals surface area contributed by atoms with Crippen LogP contribution in [0.3, 0.4) is 0 Å². The molecule has 41 heavy (non-hydrogen) atoms. The summed E-state index contributed by atoms with van der Waals surface area (Å²) < 4.78 is 17.3. The second-order valence-corrected chi connectivity index (χ2v) is 9.74. The number of amides is 1. The zero-order valence-electron chi connectivity index (χ0n) is 22.9. The Bertz CT molecular complexity index is 1360. The monoisotopic (exact) mass is 562 g/mol. The lowest BCUT2D eigenvalue weighted by atomic mass is 10.1. The maximum Gasteiger partial charge on any atom is 0.346 e. The molecule has 0 aliphatic carbocycles. The molecule has 1 aliphatic rings. The number of ether oxygens (including phenoxy) is 3. The normalized spacial score (nSPS) is 14.0. The molecule has 1 atom stereocenters. The molecule has 1 unspecified atom stereocenters. The Morgan fingerprint density at radius 2 is 1.63 bits per heavy atom. The highest BCUT2D eigenvalue weighted by molar-refractivity contribution is 6.05. The van der Waals surface area contributed by atoms with Crippen LogP contribution < -0.4 is 24.4 Å². The predicted octanol–water partition coefficient (Wildman–Crippen LogP) is 5.00. The van der Waals surface area contributed by atoms with E-state index in [-0.39, 0.29) is 18.7 Å². The minimum atomic E-state index is -1.16. The van der Waals surface area contributed by atoms with Crippen LogP contribution in [0, 0.1) is 6.92 Å². The summed E-state index contributed by atoms with van der Waals surface area (Å²) in [6.07, 6.45) is 0.807. The predicted molar refractivity (Wildman–Crippen MR) is 153 cm³/mol. The third-order valence-electron chi connectivity index (χ3n) is 6.51. The number of nitrogens with one attached hydrogen (secondary N) is 1. The topological polar surface area (TPSA) is 135 Å². The Kier molecular flexibility index (Phi) is 10.0. The van der Waals surface area contributed by atoms with Crippen molar-refractivity contribution in [2.24, 2.45) is 0 Å². The van der Waals surface area contributed by atoms with Crippen molar-refractivity contribution < 1.29 is 38.8 Å². The zero-order chi connectivity index (χ0) is 29.2. The Morgan fingerprint density at radius 3 is 2.32 bits per heavy atom. The standard InChI is InChI=1S/C31H34N2O8/c1-21-7-4-8-24(19-21)40-18-3-2-17-39-23-14-12-22(13-15-23)30(36)32-25-9-5-10-26-29(25)41-27(31(37)38)20-33(26)16-6-11-28(34)35/h4-5,7-10,12-15,19,27H,2-3,6,11,16-18,20H2,1H3,(H,32,36)(H,34,35)(H,37,38). The van der Waals surface area contributed by atoms with Gasteiger partial charge in [0.25, 0.3) is 5.91 Å². The number of carboxylic acids is 2. The van der Waals surface area contributed by atoms with E-state index in [9.17, 15) is 19.5 Å². The van der Waals surface area contributed by atoms with Gasteiger partial charge in [0.15, 0.2) is 5.75 Å². The lowest BCUT2D eigenvalue weighted by molar-refractivity contribution is -0.145. The molecular formula is C31H34N2O8. The van der Waals surface area contributed by atoms with Gasteiger partial charge in [-0.1, -0.05) is 18.2 Å². The molecule has 4 rings (SSSR count). The number of nitrogens with zero attached hydrogens (tertiary/aromatic N) is 1. The number of anilines is 2. The summed E-state index contributed by atoms with van der Waals surface area (Å²) in [5.74, 6) is -0.721. The number of aryl methyl sites for hydroxylation is 1. The first-order valence-electron chi connectivity index (χ1n) is 13.5. The van der Waals surface area contributed by atoms with Gasteiger partial charge in [-0.3, -0.25) is 9.59 Å². The van der Waals surface area contributed by atoms with E-state index in [1.165, 1.54) is 0 Å². The molecule has 3 aromatic rings. The van der Waals surface area contributed by atoms with E-state index in [1.807, 2.05) is 31.2 Å². The molecule has 1 amide bonds. The molecule has 0 aromatic heterocycles. The van der Waals surface area contributed by atoms with Crippen LogP contribution in [-0.2, 0) is 9.59 Å². The van der Waals surface area contributed by atoms with Gasteiger partial charge < -0.3 is 34.6 Å². The first kappa shape index (κ1) is 29.3. The molecule has 216 valence electrons. The minimum absolute atomic E-state index is 0.0387. The van der Waals surface area contributed by atoms with Crippen molar-refractivity contribution >= 4 is 29.2 Å². The summed E-state index contributed by atoms with van der Waals surface area (Å²) in [4.78, 5) is 37.4. The molecule has 10 heteroatoms. The van der Waals surface area contributed by atoms with Gasteiger partial charge in [0.1, 0.15) is 11.5 Å². The third kappa shape index (κ3) is 8.38. The summed E-state index contributed by atoms with van der Waals surface area (Å²) in [5.41, 5.74) is 2.47. The van der Waals surface area contributed by atoms with E-state index >= 15 is 0 Å². The van der Waals surface area contributed by atoms with Crippen LogP contribution in [0.5, 0.6) is 17.2 Å². The number of hydrogen-bond donors (Lipinski definition) is 3. The molecule has 0 bridgehead atoms. The molecule has 1 aliphatic heterocycles. The highest BCUT2D eigenvalue weighted by atomic mass is 16.5. The van der Waals surface area contributed by atoms with E-state index in [4.69, 9.17) is 19.3 Å². The summed E-state index contributed by atoms with van der Waals surface area (Å²) in [5, 5.41) is 21.4. The molecule has 0 radical (unpaired) electrons. The van der Waals surface area contributed by atoms with Gasteiger partial charge in [-0.25, -0.2) is 4.79 Å². The Hall–Kier alpha value is -4.73. The van der Waals surface area contributed by atoms with E-state index < -0.39 is 23.9 Å². The highest BCUT2D eigenvalue weighted by Gasteiger charge is 2.32. The fourth-order valence-electron chi connectivity index (χ4n) is 4.42. The van der Waals surface area contributed by atoms with E-state index in [1.54, 1.807) is 47.4 Å². The summed E-state index contributed by atoms with van der Waals surface area (Å²) >= 11 is 0. The maximum atomic E-state index is 13.0. The van der Waals surface area contributed by atoms with Crippen molar-refractivity contribution in [3.05, 3.63) is 77.9 Å². The second kappa shape index (κ2) is 14.1. The molecule has 0 spiro atoms. The van der Waals surface area contributed by atoms with Crippen LogP contribution in [0.1, 0.15) is 41.6 Å². The number of rotatable bonds is 14. The average Bonchev–Trinajstić information content (AvgIpc) is 2.95. The van der Waals surface area contributed by atoms with Crippen LogP contribution in [0.15, 0.2) is 66.7 Å². The van der Waals surface area contributed by atoms with Crippen LogP contribution in [-0.4, -0.2) is 60.5 Å². The fourth-order valence-corrected chi connectivity index (χ4v) is 4.42. The summed E-state index contributed by atoms with van der Waals surface area (Å²) in [6, 6.07) is 19.8. The molecule has 3 aromatic carbocycles. The van der Waals surface area contributed by atoms with E-state index in [0.29, 0.717) is 48.9 Å². The fraction of sp³-hybridized carbons (Fsp3) is 0.323. The lowest BCUT2D eigenvalue weighted by Gasteiger charge is -2.35. The number of fused-ring (bicyclic) bond motifs is 1. The largest absolute Gasteiger partial charge is 0.494 e. The van der Waals surface area contributed by atoms with Crippen LogP contribution in [0.4, 0.5) is 11.4 Å². The molecular weight excluding hydrogens is 528 g/mol. The smallest absolute Gasteiger partial charge is 0.346 e. The SMILES string of the molecule is Cc1cccc(OCCCCOc2ccc(C(=O)Nc3cccc4c3OC(C(=O)O)CN4CCCC(=O)O)cc2)c1. The minimum Gasteiger partial charge on any atom is -0.494 e. The lowest BCUT2D eigenvalue weighted by Crippen LogP contribution is -2.45. The molecule has 0 saturated heterocycles. The summed E-state index contributed by atoms with van der Waals surface area (Å²) in [7, 11) is 0. The van der Waals surface area contributed by atoms with Gasteiger partial charge in [0, 0.05) is 18.5 Å². The van der Waals surface area contributed by atoms with Gasteiger partial charge in [0.05, 0.1) is 31.1 Å². The number of aliphatic carboxylic acids is 2. The van der Waals surface area contributed by atoms with E-state index in [2.05, 4.69) is 5.32 Å². The van der Waals surface area contributed by atoms with Gasteiger partial charge >= 0.3 is 11.9 Å². The Balaban J connectivity index is 1.30. The van der Waals surface area contributed by atoms with Crippen molar-refractivity contribution in [3.8, 4) is 17.2 Å². The second-order valence-electron chi connectivity index (χ2n) is 9.74. The van der Waals surface area contributed by atoms with E-state index in [0.717, 1.165) is 24.2 Å². The molecule has 3 N–H and O–H groups in total. The average molecular weight is 563 g/mol. The number of hydrogen-bond acceptors (Lipinski definition) is 7. The quantitative estimate of drug-likeness (QED) is 0.232. The van der Waals surface area contributed by atoms with Crippen LogP contribution in [0.2, 0.25) is 0 Å². The number of benzene rings is 3. The third-order valence-corrected chi connectivity index (χ3v) is 6.51. The van der Waals surface area contributed by atoms with Crippen molar-refractivity contribution in [1.82, 2.24) is 0 Å². The molecule has 10 nitrogen and oxygen atoms in total. The molecule has 1 heterocycles. The van der Waals surface area contributed by atoms with Gasteiger partial charge in [0.2, 0.25) is 6.10 Å². The number of carbonyl (C=O) groups is 3. The number of carboxylic acid groups (broad SMARTS) is 2. The Labute approximate surface area is 238 Å². The zero-order valence-corrected chi connectivity index (χ0v) is 22.9. The highest BCUT2D eigenvalue weighted by Crippen LogP contribution is 2.40. The van der Waals surface area contributed by atoms with Gasteiger partial charge in [-0.15, -0.1) is 0 Å². The number of carbonyl (C=O) groups excluding carboxylic acids is 1.